The second-order valence-corrected chi connectivity index (χ2v) is 5.56. The summed E-state index contributed by atoms with van der Waals surface area (Å²) < 4.78 is 5.98. The number of ether oxygens (including phenoxy) is 1. The summed E-state index contributed by atoms with van der Waals surface area (Å²) in [4.78, 5) is 0. The van der Waals surface area contributed by atoms with E-state index in [0.717, 1.165) is 18.8 Å². The van der Waals surface area contributed by atoms with E-state index < -0.39 is 0 Å². The van der Waals surface area contributed by atoms with Crippen molar-refractivity contribution in [3.8, 4) is 5.75 Å². The summed E-state index contributed by atoms with van der Waals surface area (Å²) in [6.45, 7) is 2.26. The fraction of sp³-hybridized carbons (Fsp3) is 0.500. The van der Waals surface area contributed by atoms with Crippen molar-refractivity contribution in [2.24, 2.45) is 16.8 Å². The number of halogens is 1. The molecule has 104 valence electrons. The van der Waals surface area contributed by atoms with E-state index in [1.165, 1.54) is 12.8 Å². The molecule has 1 aromatic carbocycles. The van der Waals surface area contributed by atoms with Crippen LogP contribution < -0.4 is 10.5 Å². The van der Waals surface area contributed by atoms with Gasteiger partial charge in [0.15, 0.2) is 5.84 Å². The van der Waals surface area contributed by atoms with Crippen LogP contribution in [0.3, 0.4) is 0 Å². The van der Waals surface area contributed by atoms with Gasteiger partial charge >= 0.3 is 0 Å². The second kappa shape index (κ2) is 6.15. The minimum Gasteiger partial charge on any atom is -0.490 e. The lowest BCUT2D eigenvalue weighted by Crippen LogP contribution is -2.24. The molecule has 1 aliphatic rings. The van der Waals surface area contributed by atoms with E-state index in [9.17, 15) is 0 Å². The van der Waals surface area contributed by atoms with Gasteiger partial charge in [0.05, 0.1) is 11.7 Å². The van der Waals surface area contributed by atoms with Gasteiger partial charge in [-0.3, -0.25) is 0 Å². The predicted octanol–water partition coefficient (Wildman–Crippen LogP) is 3.39. The molecule has 0 spiro atoms. The molecule has 0 amide bonds. The number of oxime groups is 1. The maximum Gasteiger partial charge on any atom is 0.173 e. The fourth-order valence-electron chi connectivity index (χ4n) is 2.39. The lowest BCUT2D eigenvalue weighted by Gasteiger charge is -2.27. The van der Waals surface area contributed by atoms with Crippen molar-refractivity contribution >= 4 is 17.4 Å². The predicted molar refractivity (Wildman–Crippen MR) is 76.0 cm³/mol. The topological polar surface area (TPSA) is 67.8 Å². The van der Waals surface area contributed by atoms with Crippen LogP contribution in [-0.2, 0) is 0 Å². The highest BCUT2D eigenvalue weighted by Crippen LogP contribution is 2.30. The SMILES string of the molecule is CC1CCC(Oc2ccc(Cl)cc2C(N)=NO)CC1. The van der Waals surface area contributed by atoms with Crippen LogP contribution in [0.5, 0.6) is 5.75 Å². The van der Waals surface area contributed by atoms with Crippen LogP contribution in [0.1, 0.15) is 38.2 Å². The number of hydrogen-bond acceptors (Lipinski definition) is 3. The Labute approximate surface area is 118 Å². The standard InChI is InChI=1S/C14H19ClN2O2/c1-9-2-5-11(6-3-9)19-13-7-4-10(15)8-12(13)14(16)17-18/h4,7-9,11,18H,2-3,5-6H2,1H3,(H2,16,17). The molecule has 0 unspecified atom stereocenters. The van der Waals surface area contributed by atoms with Gasteiger partial charge in [-0.25, -0.2) is 0 Å². The van der Waals surface area contributed by atoms with Gasteiger partial charge in [0, 0.05) is 5.02 Å². The van der Waals surface area contributed by atoms with Crippen molar-refractivity contribution in [3.63, 3.8) is 0 Å². The molecule has 2 rings (SSSR count). The lowest BCUT2D eigenvalue weighted by molar-refractivity contribution is 0.135. The van der Waals surface area contributed by atoms with Crippen LogP contribution in [0.4, 0.5) is 0 Å². The zero-order valence-corrected chi connectivity index (χ0v) is 11.7. The van der Waals surface area contributed by atoms with Crippen molar-refractivity contribution in [1.29, 1.82) is 0 Å². The molecule has 0 atom stereocenters. The molecule has 0 radical (unpaired) electrons. The molecule has 1 aliphatic carbocycles. The minimum atomic E-state index is 0.0154. The van der Waals surface area contributed by atoms with Crippen LogP contribution in [0.15, 0.2) is 23.4 Å². The number of nitrogens with zero attached hydrogens (tertiary/aromatic N) is 1. The van der Waals surface area contributed by atoms with Crippen molar-refractivity contribution in [1.82, 2.24) is 0 Å². The number of benzene rings is 1. The van der Waals surface area contributed by atoms with Gasteiger partial charge in [0.2, 0.25) is 0 Å². The van der Waals surface area contributed by atoms with Crippen LogP contribution in [0, 0.1) is 5.92 Å². The van der Waals surface area contributed by atoms with E-state index in [4.69, 9.17) is 27.3 Å². The maximum absolute atomic E-state index is 8.81. The summed E-state index contributed by atoms with van der Waals surface area (Å²) in [7, 11) is 0. The molecule has 1 fully saturated rings. The molecule has 1 saturated carbocycles. The first kappa shape index (κ1) is 14.0. The van der Waals surface area contributed by atoms with Gasteiger partial charge in [0.1, 0.15) is 5.75 Å². The average Bonchev–Trinajstić information content (AvgIpc) is 2.42. The highest BCUT2D eigenvalue weighted by atomic mass is 35.5. The molecule has 5 heteroatoms. The third kappa shape index (κ3) is 3.53. The van der Waals surface area contributed by atoms with E-state index in [2.05, 4.69) is 12.1 Å². The smallest absolute Gasteiger partial charge is 0.173 e. The molecule has 0 aliphatic heterocycles. The van der Waals surface area contributed by atoms with Crippen molar-refractivity contribution < 1.29 is 9.94 Å². The maximum atomic E-state index is 8.81. The quantitative estimate of drug-likeness (QED) is 0.386. The Morgan fingerprint density at radius 3 is 2.68 bits per heavy atom. The minimum absolute atomic E-state index is 0.0154. The van der Waals surface area contributed by atoms with E-state index in [1.54, 1.807) is 18.2 Å². The zero-order valence-electron chi connectivity index (χ0n) is 11.0. The first-order valence-corrected chi connectivity index (χ1v) is 6.92. The molecule has 0 heterocycles. The Morgan fingerprint density at radius 1 is 1.37 bits per heavy atom. The second-order valence-electron chi connectivity index (χ2n) is 5.13. The van der Waals surface area contributed by atoms with Crippen molar-refractivity contribution in [2.75, 3.05) is 0 Å². The number of nitrogens with two attached hydrogens (primary N) is 1. The van der Waals surface area contributed by atoms with E-state index in [0.29, 0.717) is 16.3 Å². The number of amidine groups is 1. The van der Waals surface area contributed by atoms with Crippen LogP contribution >= 0.6 is 11.6 Å². The zero-order chi connectivity index (χ0) is 13.8. The van der Waals surface area contributed by atoms with Gasteiger partial charge in [-0.2, -0.15) is 0 Å². The van der Waals surface area contributed by atoms with E-state index in [1.807, 2.05) is 0 Å². The molecule has 19 heavy (non-hydrogen) atoms. The Kier molecular flexibility index (Phi) is 4.53. The third-order valence-corrected chi connectivity index (χ3v) is 3.82. The Balaban J connectivity index is 2.15. The Hall–Kier alpha value is -1.42. The lowest BCUT2D eigenvalue weighted by atomic mass is 9.89. The first-order valence-electron chi connectivity index (χ1n) is 6.54. The summed E-state index contributed by atoms with van der Waals surface area (Å²) in [5.74, 6) is 1.41. The summed E-state index contributed by atoms with van der Waals surface area (Å²) in [5.41, 5.74) is 6.19. The average molecular weight is 283 g/mol. The molecule has 3 N–H and O–H groups in total. The van der Waals surface area contributed by atoms with Crippen LogP contribution in [0.2, 0.25) is 5.02 Å². The summed E-state index contributed by atoms with van der Waals surface area (Å²) in [6.07, 6.45) is 4.63. The third-order valence-electron chi connectivity index (χ3n) is 3.58. The monoisotopic (exact) mass is 282 g/mol. The van der Waals surface area contributed by atoms with Gasteiger partial charge in [0.25, 0.3) is 0 Å². The normalized spacial score (nSPS) is 24.2. The molecule has 0 aromatic heterocycles. The highest BCUT2D eigenvalue weighted by Gasteiger charge is 2.21. The van der Waals surface area contributed by atoms with E-state index in [-0.39, 0.29) is 11.9 Å². The molecule has 4 nitrogen and oxygen atoms in total. The molecule has 0 bridgehead atoms. The largest absolute Gasteiger partial charge is 0.490 e. The van der Waals surface area contributed by atoms with Gasteiger partial charge < -0.3 is 15.7 Å². The van der Waals surface area contributed by atoms with Gasteiger partial charge in [-0.15, -0.1) is 0 Å². The Bertz CT molecular complexity index is 469. The van der Waals surface area contributed by atoms with Crippen molar-refractivity contribution in [3.05, 3.63) is 28.8 Å². The van der Waals surface area contributed by atoms with Gasteiger partial charge in [-0.1, -0.05) is 23.7 Å². The summed E-state index contributed by atoms with van der Waals surface area (Å²) in [6, 6.07) is 5.17. The fourth-order valence-corrected chi connectivity index (χ4v) is 2.56. The van der Waals surface area contributed by atoms with Crippen LogP contribution in [-0.4, -0.2) is 17.1 Å². The first-order chi connectivity index (χ1) is 9.10. The van der Waals surface area contributed by atoms with Gasteiger partial charge in [-0.05, 0) is 49.8 Å². The number of hydrogen-bond donors (Lipinski definition) is 2. The van der Waals surface area contributed by atoms with E-state index >= 15 is 0 Å². The summed E-state index contributed by atoms with van der Waals surface area (Å²) >= 11 is 5.93. The molecule has 0 saturated heterocycles. The molecule has 1 aromatic rings. The highest BCUT2D eigenvalue weighted by molar-refractivity contribution is 6.31. The molecular weight excluding hydrogens is 264 g/mol. The Morgan fingerprint density at radius 2 is 2.05 bits per heavy atom. The summed E-state index contributed by atoms with van der Waals surface area (Å²) in [5, 5.41) is 12.4. The number of rotatable bonds is 3. The van der Waals surface area contributed by atoms with Crippen molar-refractivity contribution in [2.45, 2.75) is 38.7 Å². The van der Waals surface area contributed by atoms with Crippen LogP contribution in [0.25, 0.3) is 0 Å². The molecular formula is C14H19ClN2O2.